The average molecular weight is 206 g/mol. The van der Waals surface area contributed by atoms with Crippen molar-refractivity contribution in [2.45, 2.75) is 45.1 Å². The number of carbonyl (C=O) groups excluding carboxylic acids is 1. The monoisotopic (exact) mass is 206 g/mol. The summed E-state index contributed by atoms with van der Waals surface area (Å²) in [5.41, 5.74) is 0.562. The quantitative estimate of drug-likeness (QED) is 0.616. The Bertz CT molecular complexity index is 364. The first-order valence-corrected chi connectivity index (χ1v) is 6.27. The van der Waals surface area contributed by atoms with Crippen LogP contribution in [0.2, 0.25) is 0 Å². The highest BCUT2D eigenvalue weighted by Crippen LogP contribution is 2.84. The molecule has 4 saturated carbocycles. The zero-order chi connectivity index (χ0) is 10.4. The molecule has 2 bridgehead atoms. The first kappa shape index (κ1) is 8.60. The van der Waals surface area contributed by atoms with Crippen molar-refractivity contribution in [3.8, 4) is 0 Å². The van der Waals surface area contributed by atoms with Gasteiger partial charge in [0.2, 0.25) is 0 Å². The summed E-state index contributed by atoms with van der Waals surface area (Å²) in [6, 6.07) is 0. The number of ether oxygens (including phenoxy) is 1. The van der Waals surface area contributed by atoms with Crippen LogP contribution in [0.1, 0.15) is 39.5 Å². The van der Waals surface area contributed by atoms with Crippen LogP contribution in [0.25, 0.3) is 0 Å². The number of carbonyl (C=O) groups is 1. The highest BCUT2D eigenvalue weighted by Gasteiger charge is 2.83. The van der Waals surface area contributed by atoms with E-state index in [9.17, 15) is 4.79 Å². The first-order chi connectivity index (χ1) is 7.07. The fourth-order valence-corrected chi connectivity index (χ4v) is 5.99. The van der Waals surface area contributed by atoms with Crippen molar-refractivity contribution in [3.05, 3.63) is 0 Å². The Morgan fingerprint density at radius 1 is 1.27 bits per heavy atom. The number of fused-ring (bicyclic) bond motifs is 1. The molecule has 0 aliphatic heterocycles. The van der Waals surface area contributed by atoms with Crippen LogP contribution >= 0.6 is 0 Å². The lowest BCUT2D eigenvalue weighted by Crippen LogP contribution is -2.75. The highest BCUT2D eigenvalue weighted by molar-refractivity contribution is 5.67. The minimum Gasteiger partial charge on any atom is -0.459 e. The van der Waals surface area contributed by atoms with Crippen LogP contribution in [0.3, 0.4) is 0 Å². The van der Waals surface area contributed by atoms with Crippen molar-refractivity contribution >= 4 is 5.97 Å². The van der Waals surface area contributed by atoms with Crippen LogP contribution in [-0.2, 0) is 9.53 Å². The SMILES string of the molecule is CC(=O)OC1(C)C2CC3CC4CC1C42C3. The fraction of sp³-hybridized carbons (Fsp3) is 0.923. The van der Waals surface area contributed by atoms with Gasteiger partial charge in [-0.05, 0) is 49.9 Å². The molecule has 0 radical (unpaired) electrons. The second kappa shape index (κ2) is 2.11. The summed E-state index contributed by atoms with van der Waals surface area (Å²) in [4.78, 5) is 11.2. The third-order valence-corrected chi connectivity index (χ3v) is 6.15. The molecule has 4 rings (SSSR count). The molecule has 6 atom stereocenters. The molecule has 0 heterocycles. The third kappa shape index (κ3) is 0.669. The molecule has 2 nitrogen and oxygen atoms in total. The van der Waals surface area contributed by atoms with Gasteiger partial charge >= 0.3 is 5.97 Å². The van der Waals surface area contributed by atoms with Crippen molar-refractivity contribution in [2.75, 3.05) is 0 Å². The molecule has 0 amide bonds. The normalized spacial score (nSPS) is 63.1. The number of hydrogen-bond donors (Lipinski definition) is 0. The van der Waals surface area contributed by atoms with Crippen molar-refractivity contribution in [2.24, 2.45) is 29.1 Å². The van der Waals surface area contributed by atoms with E-state index < -0.39 is 0 Å². The van der Waals surface area contributed by atoms with Gasteiger partial charge in [-0.2, -0.15) is 0 Å². The highest BCUT2D eigenvalue weighted by atomic mass is 16.6. The Hall–Kier alpha value is -0.530. The number of rotatable bonds is 1. The molecule has 0 aromatic heterocycles. The summed E-state index contributed by atoms with van der Waals surface area (Å²) in [5, 5.41) is 0. The maximum absolute atomic E-state index is 11.2. The predicted octanol–water partition coefficient (Wildman–Crippen LogP) is 2.37. The molecule has 2 heteroatoms. The second-order valence-electron chi connectivity index (χ2n) is 6.47. The van der Waals surface area contributed by atoms with Gasteiger partial charge < -0.3 is 4.74 Å². The Morgan fingerprint density at radius 3 is 2.67 bits per heavy atom. The Morgan fingerprint density at radius 2 is 2.00 bits per heavy atom. The molecule has 0 N–H and O–H groups in total. The summed E-state index contributed by atoms with van der Waals surface area (Å²) in [5.74, 6) is 3.28. The smallest absolute Gasteiger partial charge is 0.303 e. The molecule has 0 aromatic carbocycles. The predicted molar refractivity (Wildman–Crippen MR) is 55.0 cm³/mol. The summed E-state index contributed by atoms with van der Waals surface area (Å²) in [6.07, 6.45) is 5.58. The van der Waals surface area contributed by atoms with Gasteiger partial charge in [0, 0.05) is 18.8 Å². The molecule has 15 heavy (non-hydrogen) atoms. The van der Waals surface area contributed by atoms with E-state index in [1.807, 2.05) is 0 Å². The van der Waals surface area contributed by atoms with Crippen LogP contribution in [0.4, 0.5) is 0 Å². The summed E-state index contributed by atoms with van der Waals surface area (Å²) >= 11 is 0. The van der Waals surface area contributed by atoms with E-state index in [1.54, 1.807) is 6.92 Å². The van der Waals surface area contributed by atoms with E-state index in [1.165, 1.54) is 25.7 Å². The molecule has 0 aromatic rings. The minimum atomic E-state index is -0.0858. The van der Waals surface area contributed by atoms with Crippen molar-refractivity contribution in [3.63, 3.8) is 0 Å². The van der Waals surface area contributed by atoms with Crippen molar-refractivity contribution in [1.29, 1.82) is 0 Å². The maximum Gasteiger partial charge on any atom is 0.303 e. The van der Waals surface area contributed by atoms with E-state index >= 15 is 0 Å². The first-order valence-electron chi connectivity index (χ1n) is 6.27. The van der Waals surface area contributed by atoms with Gasteiger partial charge in [0.15, 0.2) is 0 Å². The Balaban J connectivity index is 1.69. The molecule has 4 fully saturated rings. The van der Waals surface area contributed by atoms with Crippen molar-refractivity contribution < 1.29 is 9.53 Å². The Kier molecular flexibility index (Phi) is 1.21. The molecule has 4 aliphatic rings. The van der Waals surface area contributed by atoms with E-state index in [4.69, 9.17) is 4.74 Å². The van der Waals surface area contributed by atoms with Gasteiger partial charge in [-0.15, -0.1) is 0 Å². The standard InChI is InChI=1S/C13H18O2/c1-7(14)15-12(2)10-4-8-3-9-5-11(12)13(9,10)6-8/h8-11H,3-6H2,1-2H3. The summed E-state index contributed by atoms with van der Waals surface area (Å²) in [6.45, 7) is 3.74. The van der Waals surface area contributed by atoms with Gasteiger partial charge in [-0.3, -0.25) is 4.79 Å². The van der Waals surface area contributed by atoms with Crippen LogP contribution in [0.5, 0.6) is 0 Å². The molecular weight excluding hydrogens is 188 g/mol. The van der Waals surface area contributed by atoms with E-state index in [0.717, 1.165) is 11.8 Å². The lowest BCUT2D eigenvalue weighted by molar-refractivity contribution is -0.318. The van der Waals surface area contributed by atoms with Crippen LogP contribution in [-0.4, -0.2) is 11.6 Å². The van der Waals surface area contributed by atoms with Gasteiger partial charge in [0.1, 0.15) is 5.60 Å². The van der Waals surface area contributed by atoms with E-state index in [2.05, 4.69) is 6.92 Å². The molecule has 82 valence electrons. The minimum absolute atomic E-state index is 0.0847. The van der Waals surface area contributed by atoms with Crippen LogP contribution in [0, 0.1) is 29.1 Å². The summed E-state index contributed by atoms with van der Waals surface area (Å²) in [7, 11) is 0. The Labute approximate surface area is 90.4 Å². The number of hydrogen-bond acceptors (Lipinski definition) is 2. The van der Waals surface area contributed by atoms with Gasteiger partial charge in [-0.1, -0.05) is 0 Å². The second-order valence-corrected chi connectivity index (χ2v) is 6.47. The molecule has 1 spiro atoms. The van der Waals surface area contributed by atoms with Gasteiger partial charge in [0.25, 0.3) is 0 Å². The fourth-order valence-electron chi connectivity index (χ4n) is 5.99. The lowest BCUT2D eigenvalue weighted by atomic mass is 9.32. The molecule has 6 unspecified atom stereocenters. The van der Waals surface area contributed by atoms with Crippen molar-refractivity contribution in [1.82, 2.24) is 0 Å². The summed E-state index contributed by atoms with van der Waals surface area (Å²) < 4.78 is 5.65. The van der Waals surface area contributed by atoms with Crippen LogP contribution in [0.15, 0.2) is 0 Å². The zero-order valence-electron chi connectivity index (χ0n) is 9.45. The molecular formula is C13H18O2. The molecule has 0 saturated heterocycles. The largest absolute Gasteiger partial charge is 0.459 e. The average Bonchev–Trinajstić information content (AvgIpc) is 2.60. The van der Waals surface area contributed by atoms with Crippen LogP contribution < -0.4 is 0 Å². The van der Waals surface area contributed by atoms with E-state index in [0.29, 0.717) is 17.3 Å². The number of esters is 1. The van der Waals surface area contributed by atoms with Gasteiger partial charge in [0.05, 0.1) is 0 Å². The van der Waals surface area contributed by atoms with Gasteiger partial charge in [-0.25, -0.2) is 0 Å². The van der Waals surface area contributed by atoms with E-state index in [-0.39, 0.29) is 11.6 Å². The maximum atomic E-state index is 11.2. The lowest BCUT2D eigenvalue weighted by Gasteiger charge is -2.74. The topological polar surface area (TPSA) is 26.3 Å². The molecule has 4 aliphatic carbocycles. The third-order valence-electron chi connectivity index (χ3n) is 6.15. The zero-order valence-corrected chi connectivity index (χ0v) is 9.45.